The second-order valence-corrected chi connectivity index (χ2v) is 8.28. The highest BCUT2D eigenvalue weighted by Crippen LogP contribution is 2.30. The molecule has 8 nitrogen and oxygen atoms in total. The van der Waals surface area contributed by atoms with Gasteiger partial charge in [0.2, 0.25) is 5.88 Å². The number of anilines is 2. The fourth-order valence-electron chi connectivity index (χ4n) is 2.79. The van der Waals surface area contributed by atoms with E-state index >= 15 is 0 Å². The summed E-state index contributed by atoms with van der Waals surface area (Å²) < 4.78 is 30.7. The summed E-state index contributed by atoms with van der Waals surface area (Å²) in [7, 11) is -3.81. The molecular formula is C21H19N5O3S. The van der Waals surface area contributed by atoms with Crippen LogP contribution in [0.5, 0.6) is 11.6 Å². The van der Waals surface area contributed by atoms with E-state index in [1.807, 2.05) is 43.3 Å². The number of nitrogens with two attached hydrogens (primary N) is 1. The highest BCUT2D eigenvalue weighted by molar-refractivity contribution is 7.89. The Morgan fingerprint density at radius 3 is 2.43 bits per heavy atom. The molecule has 1 heterocycles. The Balaban J connectivity index is 1.53. The van der Waals surface area contributed by atoms with E-state index in [0.29, 0.717) is 5.75 Å². The van der Waals surface area contributed by atoms with Crippen molar-refractivity contribution in [1.29, 1.82) is 0 Å². The van der Waals surface area contributed by atoms with E-state index in [4.69, 9.17) is 10.5 Å². The van der Waals surface area contributed by atoms with Gasteiger partial charge in [-0.25, -0.2) is 13.4 Å². The lowest BCUT2D eigenvalue weighted by Gasteiger charge is -2.13. The van der Waals surface area contributed by atoms with Crippen LogP contribution in [0, 0.1) is 6.92 Å². The number of hydrogen-bond acceptors (Lipinski definition) is 7. The van der Waals surface area contributed by atoms with E-state index < -0.39 is 10.0 Å². The van der Waals surface area contributed by atoms with Gasteiger partial charge in [0, 0.05) is 0 Å². The standard InChI is InChI=1S/C21H19N5O3S/c1-14-6-10-18(11-7-14)30(27,28)26-25-20-19(22)21(24-13-23-20)29-17-9-8-15-4-2-3-5-16(15)12-17/h2-13,26H,22H2,1H3,(H,23,24,25). The average molecular weight is 421 g/mol. The molecular weight excluding hydrogens is 402 g/mol. The minimum atomic E-state index is -3.81. The number of hydrogen-bond donors (Lipinski definition) is 3. The molecule has 0 spiro atoms. The van der Waals surface area contributed by atoms with E-state index in [1.165, 1.54) is 18.5 Å². The van der Waals surface area contributed by atoms with E-state index in [-0.39, 0.29) is 22.3 Å². The molecule has 152 valence electrons. The lowest BCUT2D eigenvalue weighted by Crippen LogP contribution is -2.30. The van der Waals surface area contributed by atoms with E-state index in [9.17, 15) is 8.42 Å². The predicted octanol–water partition coefficient (Wildman–Crippen LogP) is 3.62. The van der Waals surface area contributed by atoms with Crippen LogP contribution >= 0.6 is 0 Å². The monoisotopic (exact) mass is 421 g/mol. The van der Waals surface area contributed by atoms with E-state index in [0.717, 1.165) is 16.3 Å². The maximum absolute atomic E-state index is 12.4. The van der Waals surface area contributed by atoms with Gasteiger partial charge in [-0.3, -0.25) is 5.43 Å². The third-order valence-corrected chi connectivity index (χ3v) is 5.68. The van der Waals surface area contributed by atoms with Gasteiger partial charge in [-0.1, -0.05) is 48.0 Å². The molecule has 4 rings (SSSR count). The Labute approximate surface area is 173 Å². The van der Waals surface area contributed by atoms with Gasteiger partial charge in [-0.05, 0) is 42.0 Å². The molecule has 0 unspecified atom stereocenters. The van der Waals surface area contributed by atoms with Gasteiger partial charge in [0.15, 0.2) is 5.82 Å². The summed E-state index contributed by atoms with van der Waals surface area (Å²) in [5.74, 6) is 0.735. The summed E-state index contributed by atoms with van der Waals surface area (Å²) in [6.07, 6.45) is 1.23. The third-order valence-electron chi connectivity index (χ3n) is 4.42. The number of fused-ring (bicyclic) bond motifs is 1. The molecule has 0 radical (unpaired) electrons. The van der Waals surface area contributed by atoms with Crippen LogP contribution in [0.15, 0.2) is 78.0 Å². The number of nitrogens with one attached hydrogen (secondary N) is 2. The smallest absolute Gasteiger partial charge is 0.257 e. The Morgan fingerprint density at radius 2 is 1.67 bits per heavy atom. The fourth-order valence-corrected chi connectivity index (χ4v) is 3.64. The van der Waals surface area contributed by atoms with Crippen LogP contribution in [0.1, 0.15) is 5.56 Å². The zero-order valence-corrected chi connectivity index (χ0v) is 16.8. The van der Waals surface area contributed by atoms with Crippen molar-refractivity contribution in [3.8, 4) is 11.6 Å². The van der Waals surface area contributed by atoms with Crippen molar-refractivity contribution in [3.63, 3.8) is 0 Å². The molecule has 0 saturated heterocycles. The number of rotatable bonds is 6. The number of nitrogens with zero attached hydrogens (tertiary/aromatic N) is 2. The highest BCUT2D eigenvalue weighted by atomic mass is 32.2. The number of nitrogen functional groups attached to an aromatic ring is 1. The molecule has 0 bridgehead atoms. The van der Waals surface area contributed by atoms with Crippen molar-refractivity contribution in [1.82, 2.24) is 14.8 Å². The summed E-state index contributed by atoms with van der Waals surface area (Å²) in [4.78, 5) is 10.4. The summed E-state index contributed by atoms with van der Waals surface area (Å²) in [5, 5.41) is 2.08. The summed E-state index contributed by atoms with van der Waals surface area (Å²) >= 11 is 0. The van der Waals surface area contributed by atoms with Crippen LogP contribution in [0.25, 0.3) is 10.8 Å². The Kier molecular flexibility index (Phi) is 5.21. The quantitative estimate of drug-likeness (QED) is 0.407. The molecule has 0 saturated carbocycles. The molecule has 9 heteroatoms. The maximum atomic E-state index is 12.4. The summed E-state index contributed by atoms with van der Waals surface area (Å²) in [6.45, 7) is 1.88. The normalized spacial score (nSPS) is 11.4. The number of benzene rings is 3. The summed E-state index contributed by atoms with van der Waals surface area (Å²) in [5.41, 5.74) is 9.64. The van der Waals surface area contributed by atoms with Gasteiger partial charge in [-0.15, -0.1) is 4.83 Å². The van der Waals surface area contributed by atoms with Gasteiger partial charge in [0.25, 0.3) is 10.0 Å². The Bertz CT molecular complexity index is 1310. The molecule has 0 aliphatic rings. The second kappa shape index (κ2) is 7.97. The molecule has 0 aliphatic carbocycles. The lowest BCUT2D eigenvalue weighted by atomic mass is 10.1. The van der Waals surface area contributed by atoms with Crippen molar-refractivity contribution in [2.75, 3.05) is 11.2 Å². The SMILES string of the molecule is Cc1ccc(S(=O)(=O)NNc2ncnc(Oc3ccc4ccccc4c3)c2N)cc1. The van der Waals surface area contributed by atoms with Crippen LogP contribution in [-0.4, -0.2) is 18.4 Å². The molecule has 0 fully saturated rings. The number of ether oxygens (including phenoxy) is 1. The zero-order valence-electron chi connectivity index (χ0n) is 16.0. The lowest BCUT2D eigenvalue weighted by molar-refractivity contribution is 0.465. The molecule has 3 aromatic carbocycles. The van der Waals surface area contributed by atoms with Crippen molar-refractivity contribution < 1.29 is 13.2 Å². The largest absolute Gasteiger partial charge is 0.437 e. The first-order valence-corrected chi connectivity index (χ1v) is 10.5. The highest BCUT2D eigenvalue weighted by Gasteiger charge is 2.16. The minimum absolute atomic E-state index is 0.0669. The van der Waals surface area contributed by atoms with Crippen molar-refractivity contribution in [3.05, 3.63) is 78.6 Å². The van der Waals surface area contributed by atoms with Gasteiger partial charge in [0.05, 0.1) is 4.90 Å². The number of aromatic nitrogens is 2. The molecule has 30 heavy (non-hydrogen) atoms. The maximum Gasteiger partial charge on any atom is 0.257 e. The van der Waals surface area contributed by atoms with Gasteiger partial charge in [-0.2, -0.15) is 4.98 Å². The molecule has 0 amide bonds. The molecule has 0 atom stereocenters. The predicted molar refractivity (Wildman–Crippen MR) is 116 cm³/mol. The molecule has 4 aromatic rings. The van der Waals surface area contributed by atoms with Crippen molar-refractivity contribution in [2.24, 2.45) is 0 Å². The average Bonchev–Trinajstić information content (AvgIpc) is 2.74. The van der Waals surface area contributed by atoms with Crippen LogP contribution < -0.4 is 20.7 Å². The van der Waals surface area contributed by atoms with Crippen LogP contribution in [0.3, 0.4) is 0 Å². The summed E-state index contributed by atoms with van der Waals surface area (Å²) in [6, 6.07) is 19.9. The Hall–Kier alpha value is -3.69. The number of hydrazine groups is 1. The van der Waals surface area contributed by atoms with Crippen LogP contribution in [0.2, 0.25) is 0 Å². The Morgan fingerprint density at radius 1 is 0.933 bits per heavy atom. The van der Waals surface area contributed by atoms with Gasteiger partial charge < -0.3 is 10.5 Å². The molecule has 0 aliphatic heterocycles. The van der Waals surface area contributed by atoms with E-state index in [2.05, 4.69) is 20.2 Å². The first-order valence-electron chi connectivity index (χ1n) is 9.04. The third kappa shape index (κ3) is 4.17. The first-order chi connectivity index (χ1) is 14.4. The van der Waals surface area contributed by atoms with Gasteiger partial charge in [0.1, 0.15) is 17.8 Å². The first kappa shape index (κ1) is 19.6. The van der Waals surface area contributed by atoms with E-state index in [1.54, 1.807) is 18.2 Å². The topological polar surface area (TPSA) is 119 Å². The number of aryl methyl sites for hydroxylation is 1. The zero-order chi connectivity index (χ0) is 21.1. The van der Waals surface area contributed by atoms with Crippen LogP contribution in [0.4, 0.5) is 11.5 Å². The van der Waals surface area contributed by atoms with Crippen molar-refractivity contribution >= 4 is 32.3 Å². The van der Waals surface area contributed by atoms with Crippen molar-refractivity contribution in [2.45, 2.75) is 11.8 Å². The molecule has 1 aromatic heterocycles. The minimum Gasteiger partial charge on any atom is -0.437 e. The van der Waals surface area contributed by atoms with Crippen LogP contribution in [-0.2, 0) is 10.0 Å². The van der Waals surface area contributed by atoms with Gasteiger partial charge >= 0.3 is 0 Å². The second-order valence-electron chi connectivity index (χ2n) is 6.60. The molecule has 4 N–H and O–H groups in total. The number of sulfonamides is 1. The fraction of sp³-hybridized carbons (Fsp3) is 0.0476.